The molecule has 1 aromatic heterocycles. The van der Waals surface area contributed by atoms with Gasteiger partial charge >= 0.3 is 0 Å². The first kappa shape index (κ1) is 14.0. The van der Waals surface area contributed by atoms with Crippen LogP contribution in [-0.4, -0.2) is 11.6 Å². The molecule has 0 atom stereocenters. The van der Waals surface area contributed by atoms with Crippen LogP contribution in [0.1, 0.15) is 6.92 Å². The molecule has 1 heterocycles. The standard InChI is InChI=1S/C17H17N3O2/c1-2-21-15-9-3-12(4-10-15)16-11-22-17(20-16)19-14-7-5-13(18)6-8-14/h3-11H,2,18H2,1H3,(H,19,20). The highest BCUT2D eigenvalue weighted by Crippen LogP contribution is 2.25. The van der Waals surface area contributed by atoms with Gasteiger partial charge in [0.2, 0.25) is 0 Å². The van der Waals surface area contributed by atoms with Crippen molar-refractivity contribution >= 4 is 17.4 Å². The second kappa shape index (κ2) is 6.22. The maximum atomic E-state index is 5.66. The van der Waals surface area contributed by atoms with Crippen LogP contribution >= 0.6 is 0 Å². The van der Waals surface area contributed by atoms with E-state index in [1.165, 1.54) is 0 Å². The lowest BCUT2D eigenvalue weighted by Crippen LogP contribution is -1.92. The molecule has 22 heavy (non-hydrogen) atoms. The molecule has 2 aromatic carbocycles. The third kappa shape index (κ3) is 3.20. The van der Waals surface area contributed by atoms with E-state index in [0.29, 0.717) is 18.3 Å². The molecule has 0 spiro atoms. The summed E-state index contributed by atoms with van der Waals surface area (Å²) in [5.74, 6) is 0.843. The molecule has 0 aliphatic rings. The van der Waals surface area contributed by atoms with Gasteiger partial charge in [-0.25, -0.2) is 0 Å². The Balaban J connectivity index is 1.74. The van der Waals surface area contributed by atoms with E-state index in [1.54, 1.807) is 6.26 Å². The number of hydrogen-bond donors (Lipinski definition) is 2. The predicted octanol–water partition coefficient (Wildman–Crippen LogP) is 4.07. The van der Waals surface area contributed by atoms with Crippen LogP contribution in [0.4, 0.5) is 17.4 Å². The van der Waals surface area contributed by atoms with Crippen LogP contribution < -0.4 is 15.8 Å². The van der Waals surface area contributed by atoms with Crippen molar-refractivity contribution in [2.75, 3.05) is 17.7 Å². The zero-order chi connectivity index (χ0) is 15.4. The maximum Gasteiger partial charge on any atom is 0.299 e. The van der Waals surface area contributed by atoms with Crippen molar-refractivity contribution in [2.45, 2.75) is 6.92 Å². The summed E-state index contributed by atoms with van der Waals surface area (Å²) in [5.41, 5.74) is 8.98. The second-order valence-corrected chi connectivity index (χ2v) is 4.74. The van der Waals surface area contributed by atoms with E-state index in [9.17, 15) is 0 Å². The topological polar surface area (TPSA) is 73.3 Å². The molecule has 0 amide bonds. The van der Waals surface area contributed by atoms with Crippen LogP contribution in [0.5, 0.6) is 5.75 Å². The molecule has 3 N–H and O–H groups in total. The smallest absolute Gasteiger partial charge is 0.299 e. The Labute approximate surface area is 128 Å². The molecule has 0 bridgehead atoms. The van der Waals surface area contributed by atoms with E-state index in [0.717, 1.165) is 22.7 Å². The molecule has 0 aliphatic heterocycles. The van der Waals surface area contributed by atoms with Crippen LogP contribution in [0.3, 0.4) is 0 Å². The van der Waals surface area contributed by atoms with Crippen LogP contribution in [0.2, 0.25) is 0 Å². The molecule has 112 valence electrons. The first-order valence-electron chi connectivity index (χ1n) is 7.06. The number of ether oxygens (including phenoxy) is 1. The lowest BCUT2D eigenvalue weighted by Gasteiger charge is -2.03. The summed E-state index contributed by atoms with van der Waals surface area (Å²) < 4.78 is 10.9. The van der Waals surface area contributed by atoms with Gasteiger partial charge in [-0.15, -0.1) is 0 Å². The first-order chi connectivity index (χ1) is 10.7. The van der Waals surface area contributed by atoms with E-state index >= 15 is 0 Å². The number of oxazole rings is 1. The minimum absolute atomic E-state index is 0.439. The molecule has 5 nitrogen and oxygen atoms in total. The maximum absolute atomic E-state index is 5.66. The summed E-state index contributed by atoms with van der Waals surface area (Å²) in [7, 11) is 0. The van der Waals surface area contributed by atoms with Crippen molar-refractivity contribution in [2.24, 2.45) is 0 Å². The number of nitrogens with zero attached hydrogens (tertiary/aromatic N) is 1. The molecule has 3 aromatic rings. The number of nitrogen functional groups attached to an aromatic ring is 1. The largest absolute Gasteiger partial charge is 0.494 e. The highest BCUT2D eigenvalue weighted by atomic mass is 16.5. The van der Waals surface area contributed by atoms with Crippen molar-refractivity contribution in [1.29, 1.82) is 0 Å². The average molecular weight is 295 g/mol. The Morgan fingerprint density at radius 1 is 1.09 bits per heavy atom. The van der Waals surface area contributed by atoms with Gasteiger partial charge in [0.15, 0.2) is 0 Å². The Morgan fingerprint density at radius 2 is 1.82 bits per heavy atom. The van der Waals surface area contributed by atoms with Crippen LogP contribution in [0.25, 0.3) is 11.3 Å². The quantitative estimate of drug-likeness (QED) is 0.694. The van der Waals surface area contributed by atoms with E-state index in [1.807, 2.05) is 55.5 Å². The van der Waals surface area contributed by atoms with Gasteiger partial charge in [-0.2, -0.15) is 4.98 Å². The third-order valence-corrected chi connectivity index (χ3v) is 3.13. The Bertz CT molecular complexity index is 733. The van der Waals surface area contributed by atoms with Gasteiger partial charge in [-0.05, 0) is 55.5 Å². The molecule has 0 aliphatic carbocycles. The van der Waals surface area contributed by atoms with Crippen molar-refractivity contribution in [3.8, 4) is 17.0 Å². The molecule has 0 fully saturated rings. The van der Waals surface area contributed by atoms with Crippen molar-refractivity contribution in [3.63, 3.8) is 0 Å². The number of hydrogen-bond acceptors (Lipinski definition) is 5. The second-order valence-electron chi connectivity index (χ2n) is 4.74. The average Bonchev–Trinajstić information content (AvgIpc) is 2.99. The summed E-state index contributed by atoms with van der Waals surface area (Å²) >= 11 is 0. The number of rotatable bonds is 5. The summed E-state index contributed by atoms with van der Waals surface area (Å²) in [6, 6.07) is 15.6. The number of anilines is 3. The fraction of sp³-hybridized carbons (Fsp3) is 0.118. The first-order valence-corrected chi connectivity index (χ1v) is 7.06. The minimum Gasteiger partial charge on any atom is -0.494 e. The Hall–Kier alpha value is -2.95. The summed E-state index contributed by atoms with van der Waals surface area (Å²) in [6.07, 6.45) is 1.62. The summed E-state index contributed by atoms with van der Waals surface area (Å²) in [6.45, 7) is 2.61. The van der Waals surface area contributed by atoms with E-state index in [4.69, 9.17) is 14.9 Å². The minimum atomic E-state index is 0.439. The molecule has 0 saturated heterocycles. The number of nitrogens with two attached hydrogens (primary N) is 1. The van der Waals surface area contributed by atoms with Crippen molar-refractivity contribution in [1.82, 2.24) is 4.98 Å². The third-order valence-electron chi connectivity index (χ3n) is 3.13. The molecular weight excluding hydrogens is 278 g/mol. The van der Waals surface area contributed by atoms with Crippen LogP contribution in [0.15, 0.2) is 59.2 Å². The van der Waals surface area contributed by atoms with Gasteiger partial charge in [-0.3, -0.25) is 0 Å². The van der Waals surface area contributed by atoms with Gasteiger partial charge in [-0.1, -0.05) is 0 Å². The van der Waals surface area contributed by atoms with Crippen molar-refractivity contribution < 1.29 is 9.15 Å². The van der Waals surface area contributed by atoms with E-state index in [2.05, 4.69) is 10.3 Å². The van der Waals surface area contributed by atoms with E-state index in [-0.39, 0.29) is 0 Å². The Morgan fingerprint density at radius 3 is 2.50 bits per heavy atom. The highest BCUT2D eigenvalue weighted by Gasteiger charge is 2.07. The SMILES string of the molecule is CCOc1ccc(-c2coc(Nc3ccc(N)cc3)n2)cc1. The molecule has 0 saturated carbocycles. The molecule has 5 heteroatoms. The molecule has 3 rings (SSSR count). The monoisotopic (exact) mass is 295 g/mol. The fourth-order valence-corrected chi connectivity index (χ4v) is 2.04. The zero-order valence-corrected chi connectivity index (χ0v) is 12.2. The van der Waals surface area contributed by atoms with Gasteiger partial charge in [0, 0.05) is 16.9 Å². The lowest BCUT2D eigenvalue weighted by atomic mass is 10.2. The summed E-state index contributed by atoms with van der Waals surface area (Å²) in [4.78, 5) is 4.42. The zero-order valence-electron chi connectivity index (χ0n) is 12.2. The lowest BCUT2D eigenvalue weighted by molar-refractivity contribution is 0.340. The van der Waals surface area contributed by atoms with Gasteiger partial charge in [0.1, 0.15) is 17.7 Å². The van der Waals surface area contributed by atoms with E-state index < -0.39 is 0 Å². The van der Waals surface area contributed by atoms with Crippen LogP contribution in [0, 0.1) is 0 Å². The fourth-order valence-electron chi connectivity index (χ4n) is 2.04. The summed E-state index contributed by atoms with van der Waals surface area (Å²) in [5, 5.41) is 3.09. The van der Waals surface area contributed by atoms with Crippen molar-refractivity contribution in [3.05, 3.63) is 54.8 Å². The molecular formula is C17H17N3O2. The number of aromatic nitrogens is 1. The highest BCUT2D eigenvalue weighted by molar-refractivity contribution is 5.62. The molecule has 0 unspecified atom stereocenters. The van der Waals surface area contributed by atoms with Crippen LogP contribution in [-0.2, 0) is 0 Å². The van der Waals surface area contributed by atoms with Gasteiger partial charge < -0.3 is 20.2 Å². The molecule has 0 radical (unpaired) electrons. The number of benzene rings is 2. The number of nitrogens with one attached hydrogen (secondary N) is 1. The van der Waals surface area contributed by atoms with Gasteiger partial charge in [0.25, 0.3) is 6.01 Å². The normalized spacial score (nSPS) is 10.4. The Kier molecular flexibility index (Phi) is 3.96. The predicted molar refractivity (Wildman–Crippen MR) is 87.2 cm³/mol. The van der Waals surface area contributed by atoms with Gasteiger partial charge in [0.05, 0.1) is 6.61 Å².